The third-order valence-electron chi connectivity index (χ3n) is 2.36. The molecule has 0 heterocycles. The smallest absolute Gasteiger partial charge is 0.324 e. The van der Waals surface area contributed by atoms with Crippen LogP contribution in [0.3, 0.4) is 0 Å². The van der Waals surface area contributed by atoms with Crippen LogP contribution in [0.4, 0.5) is 13.2 Å². The van der Waals surface area contributed by atoms with Crippen molar-refractivity contribution in [2.45, 2.75) is 19.5 Å². The molecule has 0 aliphatic rings. The molecule has 0 spiro atoms. The average molecular weight is 310 g/mol. The van der Waals surface area contributed by atoms with Crippen molar-refractivity contribution >= 4 is 13.4 Å². The molecule has 0 bridgehead atoms. The zero-order chi connectivity index (χ0) is 15.4. The zero-order valence-corrected chi connectivity index (χ0v) is 11.6. The van der Waals surface area contributed by atoms with E-state index in [4.69, 9.17) is 0 Å². The highest BCUT2D eigenvalue weighted by Gasteiger charge is 2.30. The predicted molar refractivity (Wildman–Crippen MR) is 66.5 cm³/mol. The Balaban J connectivity index is 2.74. The minimum atomic E-state index is -4.49. The van der Waals surface area contributed by atoms with E-state index in [1.165, 1.54) is 19.1 Å². The largest absolute Gasteiger partial charge is 0.416 e. The molecule has 112 valence electrons. The molecule has 1 atom stereocenters. The SMILES string of the molecule is CCOP(=O)(O)CC(=O)Cc1cccc(C(F)(F)F)c1. The lowest BCUT2D eigenvalue weighted by Crippen LogP contribution is -2.11. The maximum atomic E-state index is 12.5. The minimum Gasteiger partial charge on any atom is -0.324 e. The molecule has 20 heavy (non-hydrogen) atoms. The summed E-state index contributed by atoms with van der Waals surface area (Å²) in [6.45, 7) is 1.48. The first-order chi connectivity index (χ1) is 9.14. The molecule has 1 N–H and O–H groups in total. The van der Waals surface area contributed by atoms with Gasteiger partial charge in [-0.05, 0) is 18.6 Å². The molecule has 0 amide bonds. The van der Waals surface area contributed by atoms with Gasteiger partial charge < -0.3 is 9.42 Å². The van der Waals surface area contributed by atoms with Crippen molar-refractivity contribution in [2.75, 3.05) is 12.8 Å². The fourth-order valence-electron chi connectivity index (χ4n) is 1.61. The average Bonchev–Trinajstić information content (AvgIpc) is 2.26. The maximum Gasteiger partial charge on any atom is 0.416 e. The van der Waals surface area contributed by atoms with Gasteiger partial charge in [-0.25, -0.2) is 0 Å². The van der Waals surface area contributed by atoms with Crippen LogP contribution in [0.15, 0.2) is 24.3 Å². The molecule has 1 aromatic carbocycles. The van der Waals surface area contributed by atoms with Crippen molar-refractivity contribution in [1.29, 1.82) is 0 Å². The molecule has 4 nitrogen and oxygen atoms in total. The number of hydrogen-bond donors (Lipinski definition) is 1. The number of hydrogen-bond acceptors (Lipinski definition) is 3. The molecule has 0 fully saturated rings. The number of ketones is 1. The molecule has 0 radical (unpaired) electrons. The summed E-state index contributed by atoms with van der Waals surface area (Å²) in [6, 6.07) is 4.29. The Morgan fingerprint density at radius 2 is 2.05 bits per heavy atom. The van der Waals surface area contributed by atoms with Crippen molar-refractivity contribution in [2.24, 2.45) is 0 Å². The van der Waals surface area contributed by atoms with Crippen LogP contribution in [0.5, 0.6) is 0 Å². The van der Waals surface area contributed by atoms with Gasteiger partial charge in [-0.1, -0.05) is 18.2 Å². The van der Waals surface area contributed by atoms with Crippen molar-refractivity contribution in [3.05, 3.63) is 35.4 Å². The summed E-state index contributed by atoms with van der Waals surface area (Å²) in [6.07, 6.45) is -5.55. The molecule has 1 aromatic rings. The van der Waals surface area contributed by atoms with Crippen LogP contribution in [0, 0.1) is 0 Å². The third-order valence-corrected chi connectivity index (χ3v) is 3.78. The number of halogens is 3. The van der Waals surface area contributed by atoms with E-state index in [0.29, 0.717) is 0 Å². The normalized spacial score (nSPS) is 14.8. The van der Waals surface area contributed by atoms with E-state index in [9.17, 15) is 27.4 Å². The van der Waals surface area contributed by atoms with Gasteiger partial charge in [0.05, 0.1) is 12.2 Å². The minimum absolute atomic E-state index is 0.0232. The number of rotatable bonds is 6. The van der Waals surface area contributed by atoms with Crippen LogP contribution in [0.25, 0.3) is 0 Å². The van der Waals surface area contributed by atoms with Crippen LogP contribution >= 0.6 is 7.60 Å². The second-order valence-corrected chi connectivity index (χ2v) is 5.98. The zero-order valence-electron chi connectivity index (χ0n) is 10.7. The molecule has 0 aliphatic carbocycles. The molecule has 0 saturated carbocycles. The number of alkyl halides is 3. The highest BCUT2D eigenvalue weighted by molar-refractivity contribution is 7.53. The summed E-state index contributed by atoms with van der Waals surface area (Å²) in [5.74, 6) is -0.649. The second-order valence-electron chi connectivity index (χ2n) is 4.13. The number of carbonyl (C=O) groups is 1. The second kappa shape index (κ2) is 6.52. The molecule has 0 aromatic heterocycles. The van der Waals surface area contributed by atoms with Gasteiger partial charge in [0.1, 0.15) is 11.9 Å². The first-order valence-corrected chi connectivity index (χ1v) is 7.54. The lowest BCUT2D eigenvalue weighted by atomic mass is 10.1. The van der Waals surface area contributed by atoms with Gasteiger partial charge in [0.25, 0.3) is 0 Å². The van der Waals surface area contributed by atoms with Crippen LogP contribution in [0.2, 0.25) is 0 Å². The summed E-state index contributed by atoms with van der Waals surface area (Å²) in [4.78, 5) is 20.8. The Labute approximate surface area is 114 Å². The summed E-state index contributed by atoms with van der Waals surface area (Å²) >= 11 is 0. The summed E-state index contributed by atoms with van der Waals surface area (Å²) < 4.78 is 53.4. The topological polar surface area (TPSA) is 63.6 Å². The highest BCUT2D eigenvalue weighted by Crippen LogP contribution is 2.41. The maximum absolute atomic E-state index is 12.5. The third kappa shape index (κ3) is 5.45. The van der Waals surface area contributed by atoms with Crippen LogP contribution in [0.1, 0.15) is 18.1 Å². The Morgan fingerprint density at radius 1 is 1.40 bits per heavy atom. The summed E-state index contributed by atoms with van der Waals surface area (Å²) in [5.41, 5.74) is -0.721. The standard InChI is InChI=1S/C12H14F3O4P/c1-2-19-20(17,18)8-11(16)7-9-4-3-5-10(6-9)12(13,14)15/h3-6H,2,7-8H2,1H3,(H,17,18). The Bertz CT molecular complexity index is 528. The van der Waals surface area contributed by atoms with Gasteiger partial charge in [0, 0.05) is 6.42 Å². The van der Waals surface area contributed by atoms with Gasteiger partial charge in [-0.2, -0.15) is 13.2 Å². The van der Waals surface area contributed by atoms with Gasteiger partial charge >= 0.3 is 13.8 Å². The Hall–Kier alpha value is -1.17. The monoisotopic (exact) mass is 310 g/mol. The molecule has 8 heteroatoms. The Kier molecular flexibility index (Phi) is 5.50. The molecule has 1 rings (SSSR count). The van der Waals surface area contributed by atoms with Gasteiger partial charge in [0.15, 0.2) is 0 Å². The predicted octanol–water partition coefficient (Wildman–Crippen LogP) is 3.04. The number of carbonyl (C=O) groups excluding carboxylic acids is 1. The first kappa shape index (κ1) is 16.9. The molecule has 0 aliphatic heterocycles. The van der Waals surface area contributed by atoms with Gasteiger partial charge in [-0.3, -0.25) is 9.36 Å². The van der Waals surface area contributed by atoms with Gasteiger partial charge in [-0.15, -0.1) is 0 Å². The van der Waals surface area contributed by atoms with E-state index in [2.05, 4.69) is 4.52 Å². The fraction of sp³-hybridized carbons (Fsp3) is 0.417. The lowest BCUT2D eigenvalue weighted by molar-refractivity contribution is -0.137. The van der Waals surface area contributed by atoms with E-state index in [0.717, 1.165) is 12.1 Å². The van der Waals surface area contributed by atoms with E-state index in [-0.39, 0.29) is 18.6 Å². The fourth-order valence-corrected chi connectivity index (χ4v) is 2.66. The van der Waals surface area contributed by atoms with Crippen LogP contribution in [-0.2, 0) is 26.5 Å². The molecular weight excluding hydrogens is 296 g/mol. The first-order valence-electron chi connectivity index (χ1n) is 5.78. The highest BCUT2D eigenvalue weighted by atomic mass is 31.2. The molecule has 0 saturated heterocycles. The Morgan fingerprint density at radius 3 is 2.60 bits per heavy atom. The summed E-state index contributed by atoms with van der Waals surface area (Å²) in [5, 5.41) is 0. The van der Waals surface area contributed by atoms with Crippen molar-refractivity contribution in [1.82, 2.24) is 0 Å². The van der Waals surface area contributed by atoms with E-state index >= 15 is 0 Å². The van der Waals surface area contributed by atoms with E-state index in [1.807, 2.05) is 0 Å². The number of Topliss-reactive ketones (excluding diaryl/α,β-unsaturated/α-hetero) is 1. The van der Waals surface area contributed by atoms with E-state index < -0.39 is 31.3 Å². The van der Waals surface area contributed by atoms with Crippen molar-refractivity contribution in [3.63, 3.8) is 0 Å². The van der Waals surface area contributed by atoms with Crippen molar-refractivity contribution < 1.29 is 31.9 Å². The number of benzene rings is 1. The lowest BCUT2D eigenvalue weighted by Gasteiger charge is -2.11. The summed E-state index contributed by atoms with van der Waals surface area (Å²) in [7, 11) is -4.00. The van der Waals surface area contributed by atoms with Crippen LogP contribution < -0.4 is 0 Å². The van der Waals surface area contributed by atoms with Crippen molar-refractivity contribution in [3.8, 4) is 0 Å². The molecule has 1 unspecified atom stereocenters. The quantitative estimate of drug-likeness (QED) is 0.820. The van der Waals surface area contributed by atoms with E-state index in [1.54, 1.807) is 0 Å². The molecular formula is C12H14F3O4P. The van der Waals surface area contributed by atoms with Crippen LogP contribution in [-0.4, -0.2) is 23.4 Å². The van der Waals surface area contributed by atoms with Gasteiger partial charge in [0.2, 0.25) is 0 Å².